The Morgan fingerprint density at radius 3 is 2.48 bits per heavy atom. The van der Waals surface area contributed by atoms with Gasteiger partial charge in [-0.25, -0.2) is 0 Å². The summed E-state index contributed by atoms with van der Waals surface area (Å²) in [7, 11) is 0. The number of carbonyl (C=O) groups excluding carboxylic acids is 1. The molecule has 4 rings (SSSR count). The van der Waals surface area contributed by atoms with Crippen molar-refractivity contribution in [3.63, 3.8) is 0 Å². The van der Waals surface area contributed by atoms with Crippen LogP contribution in [0.1, 0.15) is 15.9 Å². The zero-order chi connectivity index (χ0) is 14.6. The molecule has 0 bridgehead atoms. The van der Waals surface area contributed by atoms with Crippen molar-refractivity contribution in [2.24, 2.45) is 0 Å². The Bertz CT molecular complexity index is 947. The maximum Gasteiger partial charge on any atom is 0.281 e. The van der Waals surface area contributed by atoms with Gasteiger partial charge < -0.3 is 0 Å². The summed E-state index contributed by atoms with van der Waals surface area (Å²) in [5.74, 6) is -0.304. The molecule has 0 spiro atoms. The summed E-state index contributed by atoms with van der Waals surface area (Å²) in [6, 6.07) is 10.1. The van der Waals surface area contributed by atoms with E-state index in [4.69, 9.17) is 0 Å². The van der Waals surface area contributed by atoms with Crippen LogP contribution in [0.2, 0.25) is 0 Å². The highest BCUT2D eigenvalue weighted by molar-refractivity contribution is 6.27. The molecule has 0 saturated carbocycles. The Kier molecular flexibility index (Phi) is 2.21. The molecule has 0 aliphatic heterocycles. The number of fused-ring (bicyclic) bond motifs is 2. The van der Waals surface area contributed by atoms with Gasteiger partial charge in [0.15, 0.2) is 0 Å². The molecule has 1 aliphatic carbocycles. The van der Waals surface area contributed by atoms with Gasteiger partial charge in [-0.2, -0.15) is 0 Å². The van der Waals surface area contributed by atoms with Crippen LogP contribution in [-0.4, -0.2) is 15.7 Å². The largest absolute Gasteiger partial charge is 0.288 e. The first kappa shape index (κ1) is 11.7. The smallest absolute Gasteiger partial charge is 0.281 e. The number of pyridine rings is 1. The van der Waals surface area contributed by atoms with E-state index < -0.39 is 4.92 Å². The predicted molar refractivity (Wildman–Crippen MR) is 77.3 cm³/mol. The van der Waals surface area contributed by atoms with Crippen molar-refractivity contribution in [1.82, 2.24) is 4.98 Å². The minimum Gasteiger partial charge on any atom is -0.288 e. The van der Waals surface area contributed by atoms with E-state index in [1.807, 2.05) is 12.1 Å². The fourth-order valence-electron chi connectivity index (χ4n) is 2.90. The third kappa shape index (κ3) is 1.45. The molecular formula is C16H8N2O3. The minimum absolute atomic E-state index is 0.158. The van der Waals surface area contributed by atoms with E-state index in [1.54, 1.807) is 30.6 Å². The maximum atomic E-state index is 12.7. The molecule has 0 fully saturated rings. The molecule has 1 heterocycles. The number of nitro benzene ring substituents is 1. The molecule has 21 heavy (non-hydrogen) atoms. The highest BCUT2D eigenvalue weighted by atomic mass is 16.6. The van der Waals surface area contributed by atoms with Crippen molar-refractivity contribution in [2.75, 3.05) is 0 Å². The minimum atomic E-state index is -0.509. The van der Waals surface area contributed by atoms with Crippen LogP contribution in [0.15, 0.2) is 48.8 Å². The molecule has 0 radical (unpaired) electrons. The highest BCUT2D eigenvalue weighted by Crippen LogP contribution is 2.41. The van der Waals surface area contributed by atoms with Crippen molar-refractivity contribution < 1.29 is 9.72 Å². The van der Waals surface area contributed by atoms with Crippen molar-refractivity contribution in [3.8, 4) is 11.1 Å². The van der Waals surface area contributed by atoms with Crippen molar-refractivity contribution >= 4 is 22.2 Å². The SMILES string of the molecule is O=C1c2ccccc2-c2cncc3ccc([N+](=O)[O-])c1c23. The summed E-state index contributed by atoms with van der Waals surface area (Å²) in [6.07, 6.45) is 3.27. The fourth-order valence-corrected chi connectivity index (χ4v) is 2.90. The van der Waals surface area contributed by atoms with Crippen LogP contribution in [-0.2, 0) is 0 Å². The van der Waals surface area contributed by atoms with Gasteiger partial charge in [0.2, 0.25) is 5.78 Å². The molecule has 0 saturated heterocycles. The van der Waals surface area contributed by atoms with Crippen molar-refractivity contribution in [1.29, 1.82) is 0 Å². The number of nitro groups is 1. The van der Waals surface area contributed by atoms with E-state index in [9.17, 15) is 14.9 Å². The second kappa shape index (κ2) is 3.96. The maximum absolute atomic E-state index is 12.7. The van der Waals surface area contributed by atoms with Gasteiger partial charge >= 0.3 is 0 Å². The van der Waals surface area contributed by atoms with E-state index in [0.717, 1.165) is 16.5 Å². The van der Waals surface area contributed by atoms with E-state index >= 15 is 0 Å². The summed E-state index contributed by atoms with van der Waals surface area (Å²) < 4.78 is 0. The first-order valence-electron chi connectivity index (χ1n) is 6.37. The normalized spacial score (nSPS) is 12.3. The number of hydrogen-bond acceptors (Lipinski definition) is 4. The summed E-state index contributed by atoms with van der Waals surface area (Å²) in [4.78, 5) is 27.6. The Morgan fingerprint density at radius 2 is 1.71 bits per heavy atom. The summed E-state index contributed by atoms with van der Waals surface area (Å²) in [5.41, 5.74) is 2.02. The van der Waals surface area contributed by atoms with Gasteiger partial charge in [0, 0.05) is 40.4 Å². The molecule has 2 aromatic carbocycles. The molecule has 1 aliphatic rings. The highest BCUT2D eigenvalue weighted by Gasteiger charge is 2.31. The zero-order valence-electron chi connectivity index (χ0n) is 10.7. The first-order chi connectivity index (χ1) is 10.2. The zero-order valence-corrected chi connectivity index (χ0v) is 10.7. The lowest BCUT2D eigenvalue weighted by molar-refractivity contribution is -0.385. The number of benzene rings is 2. The molecule has 1 aromatic heterocycles. The predicted octanol–water partition coefficient (Wildman–Crippen LogP) is 3.35. The number of ketones is 1. The molecule has 100 valence electrons. The lowest BCUT2D eigenvalue weighted by Gasteiger charge is -2.18. The average molecular weight is 276 g/mol. The Balaban J connectivity index is 2.27. The third-order valence-corrected chi connectivity index (χ3v) is 3.79. The van der Waals surface area contributed by atoms with Gasteiger partial charge in [0.05, 0.1) is 4.92 Å². The van der Waals surface area contributed by atoms with Gasteiger partial charge in [-0.1, -0.05) is 24.3 Å². The second-order valence-electron chi connectivity index (χ2n) is 4.88. The van der Waals surface area contributed by atoms with Gasteiger partial charge in [-0.05, 0) is 11.6 Å². The Hall–Kier alpha value is -3.08. The molecular weight excluding hydrogens is 268 g/mol. The van der Waals surface area contributed by atoms with Crippen molar-refractivity contribution in [2.45, 2.75) is 0 Å². The molecule has 0 amide bonds. The summed E-state index contributed by atoms with van der Waals surface area (Å²) >= 11 is 0. The monoisotopic (exact) mass is 276 g/mol. The van der Waals surface area contributed by atoms with Crippen LogP contribution in [0.5, 0.6) is 0 Å². The number of rotatable bonds is 1. The molecule has 0 unspecified atom stereocenters. The third-order valence-electron chi connectivity index (χ3n) is 3.79. The first-order valence-corrected chi connectivity index (χ1v) is 6.37. The topological polar surface area (TPSA) is 73.1 Å². The number of hydrogen-bond donors (Lipinski definition) is 0. The van der Waals surface area contributed by atoms with Crippen molar-refractivity contribution in [3.05, 3.63) is 70.0 Å². The quantitative estimate of drug-likeness (QED) is 0.394. The van der Waals surface area contributed by atoms with E-state index in [-0.39, 0.29) is 17.0 Å². The van der Waals surface area contributed by atoms with Gasteiger partial charge in [-0.3, -0.25) is 19.9 Å². The van der Waals surface area contributed by atoms with E-state index in [0.29, 0.717) is 10.9 Å². The molecule has 0 atom stereocenters. The molecule has 3 aromatic rings. The number of nitrogens with zero attached hydrogens (tertiary/aromatic N) is 2. The lowest BCUT2D eigenvalue weighted by atomic mass is 9.83. The molecule has 0 N–H and O–H groups in total. The van der Waals surface area contributed by atoms with E-state index in [2.05, 4.69) is 4.98 Å². The number of carbonyl (C=O) groups is 1. The number of aromatic nitrogens is 1. The molecule has 5 heteroatoms. The van der Waals surface area contributed by atoms with Crippen LogP contribution in [0, 0.1) is 10.1 Å². The van der Waals surface area contributed by atoms with Crippen LogP contribution in [0.4, 0.5) is 5.69 Å². The summed E-state index contributed by atoms with van der Waals surface area (Å²) in [5, 5.41) is 12.6. The lowest BCUT2D eigenvalue weighted by Crippen LogP contribution is -2.12. The van der Waals surface area contributed by atoms with Crippen LogP contribution >= 0.6 is 0 Å². The van der Waals surface area contributed by atoms with Crippen LogP contribution < -0.4 is 0 Å². The standard InChI is InChI=1S/C16H8N2O3/c19-16-11-4-2-1-3-10(11)12-8-17-7-9-5-6-13(18(20)21)15(16)14(9)12/h1-8H. The Labute approximate surface area is 119 Å². The van der Waals surface area contributed by atoms with Crippen LogP contribution in [0.3, 0.4) is 0 Å². The van der Waals surface area contributed by atoms with Gasteiger partial charge in [0.25, 0.3) is 5.69 Å². The Morgan fingerprint density at radius 1 is 0.952 bits per heavy atom. The summed E-state index contributed by atoms with van der Waals surface area (Å²) in [6.45, 7) is 0. The van der Waals surface area contributed by atoms with E-state index in [1.165, 1.54) is 6.07 Å². The van der Waals surface area contributed by atoms with Gasteiger partial charge in [-0.15, -0.1) is 0 Å². The fraction of sp³-hybridized carbons (Fsp3) is 0. The average Bonchev–Trinajstić information content (AvgIpc) is 2.51. The second-order valence-corrected chi connectivity index (χ2v) is 4.88. The van der Waals surface area contributed by atoms with Crippen LogP contribution in [0.25, 0.3) is 21.9 Å². The molecule has 5 nitrogen and oxygen atoms in total. The van der Waals surface area contributed by atoms with Gasteiger partial charge in [0.1, 0.15) is 5.56 Å².